The van der Waals surface area contributed by atoms with Crippen LogP contribution >= 0.6 is 22.9 Å². The average molecular weight is 485 g/mol. The summed E-state index contributed by atoms with van der Waals surface area (Å²) in [6.07, 6.45) is 0. The highest BCUT2D eigenvalue weighted by Gasteiger charge is 2.22. The number of carbonyl (C=O) groups is 1. The van der Waals surface area contributed by atoms with Gasteiger partial charge in [-0.25, -0.2) is 13.2 Å². The van der Waals surface area contributed by atoms with Crippen molar-refractivity contribution < 1.29 is 13.2 Å². The molecule has 7 nitrogen and oxygen atoms in total. The zero-order valence-corrected chi connectivity index (χ0v) is 20.3. The van der Waals surface area contributed by atoms with Crippen LogP contribution in [-0.4, -0.2) is 67.8 Å². The van der Waals surface area contributed by atoms with Gasteiger partial charge in [0.2, 0.25) is 10.0 Å². The molecule has 0 unspecified atom stereocenters. The predicted octanol–water partition coefficient (Wildman–Crippen LogP) is 3.46. The molecule has 2 aromatic rings. The van der Waals surface area contributed by atoms with E-state index >= 15 is 0 Å². The summed E-state index contributed by atoms with van der Waals surface area (Å²) in [6, 6.07) is 10.6. The number of thiophene rings is 1. The van der Waals surface area contributed by atoms with E-state index < -0.39 is 10.0 Å². The van der Waals surface area contributed by atoms with Gasteiger partial charge < -0.3 is 10.2 Å². The van der Waals surface area contributed by atoms with Crippen LogP contribution in [0.4, 0.5) is 4.79 Å². The summed E-state index contributed by atoms with van der Waals surface area (Å²) >= 11 is 7.58. The molecule has 2 amide bonds. The van der Waals surface area contributed by atoms with Crippen LogP contribution < -0.4 is 5.32 Å². The van der Waals surface area contributed by atoms with E-state index in [9.17, 15) is 13.2 Å². The maximum atomic E-state index is 12.6. The van der Waals surface area contributed by atoms with Crippen LogP contribution in [0.2, 0.25) is 4.34 Å². The number of urea groups is 1. The van der Waals surface area contributed by atoms with E-state index in [1.54, 1.807) is 35.6 Å². The molecule has 1 aliphatic heterocycles. The number of benzene rings is 1. The van der Waals surface area contributed by atoms with Gasteiger partial charge in [0.1, 0.15) is 0 Å². The molecule has 0 saturated carbocycles. The Hall–Kier alpha value is -1.65. The Bertz CT molecular complexity index is 967. The number of nitrogens with zero attached hydrogens (tertiary/aromatic N) is 3. The molecule has 170 valence electrons. The highest BCUT2D eigenvalue weighted by Crippen LogP contribution is 2.23. The molecule has 1 aromatic carbocycles. The molecule has 1 aliphatic rings. The standard InChI is InChI=1S/C21H29ClN4O3S2/c1-3-26(4-2)31(28,29)19-8-5-17(6-9-19)15-23-21(27)25-13-11-24(12-14-25)16-18-7-10-20(22)30-18/h5-10H,3-4,11-16H2,1-2H3,(H,23,27). The molecule has 0 aliphatic carbocycles. The summed E-state index contributed by atoms with van der Waals surface area (Å²) < 4.78 is 27.3. The number of hydrogen-bond donors (Lipinski definition) is 1. The van der Waals surface area contributed by atoms with Crippen LogP contribution in [0.25, 0.3) is 0 Å². The van der Waals surface area contributed by atoms with Crippen LogP contribution in [0.15, 0.2) is 41.3 Å². The summed E-state index contributed by atoms with van der Waals surface area (Å²) in [5, 5.41) is 2.93. The van der Waals surface area contributed by atoms with Gasteiger partial charge in [0.25, 0.3) is 0 Å². The third kappa shape index (κ3) is 6.20. The normalized spacial score (nSPS) is 15.4. The summed E-state index contributed by atoms with van der Waals surface area (Å²) in [5.41, 5.74) is 0.861. The first kappa shape index (κ1) is 24.0. The van der Waals surface area contributed by atoms with Crippen molar-refractivity contribution in [1.29, 1.82) is 0 Å². The molecule has 0 atom stereocenters. The van der Waals surface area contributed by atoms with Crippen LogP contribution in [0.1, 0.15) is 24.3 Å². The number of amides is 2. The lowest BCUT2D eigenvalue weighted by atomic mass is 10.2. The van der Waals surface area contributed by atoms with Gasteiger partial charge in [-0.1, -0.05) is 37.6 Å². The molecule has 0 radical (unpaired) electrons. The van der Waals surface area contributed by atoms with Crippen molar-refractivity contribution >= 4 is 39.0 Å². The van der Waals surface area contributed by atoms with Crippen molar-refractivity contribution in [3.63, 3.8) is 0 Å². The van der Waals surface area contributed by atoms with E-state index in [1.165, 1.54) is 9.18 Å². The largest absolute Gasteiger partial charge is 0.334 e. The smallest absolute Gasteiger partial charge is 0.317 e. The van der Waals surface area contributed by atoms with Gasteiger partial charge >= 0.3 is 6.03 Å². The van der Waals surface area contributed by atoms with Gasteiger partial charge in [-0.15, -0.1) is 11.3 Å². The molecule has 10 heteroatoms. The third-order valence-corrected chi connectivity index (χ3v) is 8.66. The number of piperazine rings is 1. The molecule has 31 heavy (non-hydrogen) atoms. The minimum atomic E-state index is -3.47. The van der Waals surface area contributed by atoms with E-state index in [0.29, 0.717) is 32.7 Å². The number of rotatable bonds is 8. The zero-order chi connectivity index (χ0) is 22.4. The van der Waals surface area contributed by atoms with Crippen molar-refractivity contribution in [3.05, 3.63) is 51.2 Å². The SMILES string of the molecule is CCN(CC)S(=O)(=O)c1ccc(CNC(=O)N2CCN(Cc3ccc(Cl)s3)CC2)cc1. The topological polar surface area (TPSA) is 73.0 Å². The quantitative estimate of drug-likeness (QED) is 0.622. The molecule has 1 fully saturated rings. The fraction of sp³-hybridized carbons (Fsp3) is 0.476. The molecule has 1 N–H and O–H groups in total. The van der Waals surface area contributed by atoms with E-state index in [0.717, 1.165) is 29.5 Å². The third-order valence-electron chi connectivity index (χ3n) is 5.38. The fourth-order valence-electron chi connectivity index (χ4n) is 3.55. The van der Waals surface area contributed by atoms with E-state index in [4.69, 9.17) is 11.6 Å². The minimum absolute atomic E-state index is 0.0985. The molecule has 1 saturated heterocycles. The summed E-state index contributed by atoms with van der Waals surface area (Å²) in [6.45, 7) is 8.72. The van der Waals surface area contributed by atoms with Crippen molar-refractivity contribution in [2.24, 2.45) is 0 Å². The minimum Gasteiger partial charge on any atom is -0.334 e. The first-order valence-electron chi connectivity index (χ1n) is 10.4. The average Bonchev–Trinajstić information content (AvgIpc) is 3.18. The molecule has 2 heterocycles. The van der Waals surface area contributed by atoms with E-state index in [2.05, 4.69) is 10.2 Å². The molecule has 0 bridgehead atoms. The summed E-state index contributed by atoms with van der Waals surface area (Å²) in [4.78, 5) is 18.2. The van der Waals surface area contributed by atoms with Crippen LogP contribution in [0, 0.1) is 0 Å². The van der Waals surface area contributed by atoms with Crippen molar-refractivity contribution in [3.8, 4) is 0 Å². The Balaban J connectivity index is 1.46. The zero-order valence-electron chi connectivity index (χ0n) is 17.9. The number of sulfonamides is 1. The Labute approximate surface area is 193 Å². The molecular weight excluding hydrogens is 456 g/mol. The number of halogens is 1. The molecular formula is C21H29ClN4O3S2. The predicted molar refractivity (Wildman–Crippen MR) is 125 cm³/mol. The number of nitrogens with one attached hydrogen (secondary N) is 1. The van der Waals surface area contributed by atoms with E-state index in [1.807, 2.05) is 30.9 Å². The lowest BCUT2D eigenvalue weighted by Crippen LogP contribution is -2.51. The van der Waals surface area contributed by atoms with Gasteiger partial charge in [-0.2, -0.15) is 4.31 Å². The van der Waals surface area contributed by atoms with Gasteiger partial charge in [0.05, 0.1) is 9.23 Å². The Morgan fingerprint density at radius 3 is 2.26 bits per heavy atom. The van der Waals surface area contributed by atoms with Crippen LogP contribution in [-0.2, 0) is 23.1 Å². The van der Waals surface area contributed by atoms with Crippen LogP contribution in [0.5, 0.6) is 0 Å². The second-order valence-corrected chi connectivity index (χ2v) is 11.1. The van der Waals surface area contributed by atoms with E-state index in [-0.39, 0.29) is 10.9 Å². The number of hydrogen-bond acceptors (Lipinski definition) is 5. The first-order valence-corrected chi connectivity index (χ1v) is 13.1. The van der Waals surface area contributed by atoms with Crippen molar-refractivity contribution in [2.45, 2.75) is 31.8 Å². The second-order valence-electron chi connectivity index (χ2n) is 7.36. The molecule has 0 spiro atoms. The Morgan fingerprint density at radius 2 is 1.71 bits per heavy atom. The van der Waals surface area contributed by atoms with Gasteiger partial charge in [-0.3, -0.25) is 4.90 Å². The lowest BCUT2D eigenvalue weighted by Gasteiger charge is -2.34. The number of carbonyl (C=O) groups excluding carboxylic acids is 1. The maximum absolute atomic E-state index is 12.6. The van der Waals surface area contributed by atoms with Gasteiger partial charge in [-0.05, 0) is 29.8 Å². The highest BCUT2D eigenvalue weighted by molar-refractivity contribution is 7.89. The summed E-state index contributed by atoms with van der Waals surface area (Å²) in [7, 11) is -3.47. The summed E-state index contributed by atoms with van der Waals surface area (Å²) in [5.74, 6) is 0. The maximum Gasteiger partial charge on any atom is 0.317 e. The monoisotopic (exact) mass is 484 g/mol. The molecule has 1 aromatic heterocycles. The second kappa shape index (κ2) is 10.8. The van der Waals surface area contributed by atoms with Gasteiger partial charge in [0.15, 0.2) is 0 Å². The van der Waals surface area contributed by atoms with Gasteiger partial charge in [0, 0.05) is 57.2 Å². The fourth-order valence-corrected chi connectivity index (χ4v) is 6.14. The Kier molecular flexibility index (Phi) is 8.35. The van der Waals surface area contributed by atoms with Crippen molar-refractivity contribution in [1.82, 2.24) is 19.4 Å². The lowest BCUT2D eigenvalue weighted by molar-refractivity contribution is 0.135. The first-order chi connectivity index (χ1) is 14.8. The highest BCUT2D eigenvalue weighted by atomic mass is 35.5. The van der Waals surface area contributed by atoms with Crippen LogP contribution in [0.3, 0.4) is 0 Å². The van der Waals surface area contributed by atoms with Crippen molar-refractivity contribution in [2.75, 3.05) is 39.3 Å². The Morgan fingerprint density at radius 1 is 1.06 bits per heavy atom. The molecule has 3 rings (SSSR count).